The summed E-state index contributed by atoms with van der Waals surface area (Å²) in [5.74, 6) is 0.358. The Morgan fingerprint density at radius 3 is 2.59 bits per heavy atom. The smallest absolute Gasteiger partial charge is 0.342 e. The van der Waals surface area contributed by atoms with Crippen molar-refractivity contribution in [3.8, 4) is 5.69 Å². The standard InChI is InChI=1S/C22H23FN4O2/c1-25-22(29)27(19-7-3-2-4-8-19)21(24-25)17-6-5-13-26(15-17)20(28)14-16-9-11-18(23)12-10-16/h2-4,7-12,17H,5-6,13-15H2,1H3. The lowest BCUT2D eigenvalue weighted by molar-refractivity contribution is -0.131. The van der Waals surface area contributed by atoms with Gasteiger partial charge in [-0.05, 0) is 42.7 Å². The van der Waals surface area contributed by atoms with Crippen molar-refractivity contribution in [1.29, 1.82) is 0 Å². The van der Waals surface area contributed by atoms with E-state index in [2.05, 4.69) is 5.10 Å². The summed E-state index contributed by atoms with van der Waals surface area (Å²) in [6, 6.07) is 15.5. The normalized spacial score (nSPS) is 16.8. The van der Waals surface area contributed by atoms with E-state index >= 15 is 0 Å². The van der Waals surface area contributed by atoms with Crippen molar-refractivity contribution >= 4 is 5.91 Å². The fourth-order valence-electron chi connectivity index (χ4n) is 3.87. The number of rotatable bonds is 4. The van der Waals surface area contributed by atoms with E-state index in [0.29, 0.717) is 18.9 Å². The molecule has 1 unspecified atom stereocenters. The van der Waals surface area contributed by atoms with Crippen LogP contribution >= 0.6 is 0 Å². The molecular weight excluding hydrogens is 371 g/mol. The molecule has 1 amide bonds. The number of hydrogen-bond donors (Lipinski definition) is 0. The zero-order chi connectivity index (χ0) is 20.4. The summed E-state index contributed by atoms with van der Waals surface area (Å²) < 4.78 is 16.1. The van der Waals surface area contributed by atoms with E-state index in [9.17, 15) is 14.0 Å². The first-order valence-corrected chi connectivity index (χ1v) is 9.76. The van der Waals surface area contributed by atoms with E-state index in [0.717, 1.165) is 24.1 Å². The molecule has 0 bridgehead atoms. The van der Waals surface area contributed by atoms with Crippen LogP contribution in [0.2, 0.25) is 0 Å². The lowest BCUT2D eigenvalue weighted by Gasteiger charge is -2.32. The second-order valence-electron chi connectivity index (χ2n) is 7.42. The maximum Gasteiger partial charge on any atom is 0.350 e. The predicted octanol–water partition coefficient (Wildman–Crippen LogP) is 2.66. The van der Waals surface area contributed by atoms with Crippen LogP contribution in [-0.2, 0) is 18.3 Å². The Balaban J connectivity index is 1.56. The van der Waals surface area contributed by atoms with Crippen molar-refractivity contribution in [2.75, 3.05) is 13.1 Å². The summed E-state index contributed by atoms with van der Waals surface area (Å²) in [5.41, 5.74) is 1.37. The molecule has 1 atom stereocenters. The Kier molecular flexibility index (Phi) is 5.29. The van der Waals surface area contributed by atoms with E-state index < -0.39 is 0 Å². The molecule has 1 saturated heterocycles. The number of likely N-dealkylation sites (tertiary alicyclic amines) is 1. The molecule has 29 heavy (non-hydrogen) atoms. The number of aryl methyl sites for hydroxylation is 1. The molecule has 1 fully saturated rings. The highest BCUT2D eigenvalue weighted by Crippen LogP contribution is 2.27. The molecule has 150 valence electrons. The van der Waals surface area contributed by atoms with Gasteiger partial charge in [0.25, 0.3) is 0 Å². The topological polar surface area (TPSA) is 60.1 Å². The van der Waals surface area contributed by atoms with Crippen LogP contribution in [0.15, 0.2) is 59.4 Å². The molecule has 1 aliphatic heterocycles. The number of aromatic nitrogens is 3. The number of piperidine rings is 1. The number of halogens is 1. The first-order chi connectivity index (χ1) is 14.0. The Morgan fingerprint density at radius 1 is 1.14 bits per heavy atom. The molecule has 0 saturated carbocycles. The van der Waals surface area contributed by atoms with Gasteiger partial charge in [0, 0.05) is 26.1 Å². The lowest BCUT2D eigenvalue weighted by Crippen LogP contribution is -2.40. The van der Waals surface area contributed by atoms with Crippen molar-refractivity contribution in [3.05, 3.63) is 82.3 Å². The Morgan fingerprint density at radius 2 is 1.86 bits per heavy atom. The molecule has 1 aliphatic rings. The Hall–Kier alpha value is -3.22. The summed E-state index contributed by atoms with van der Waals surface area (Å²) in [6.45, 7) is 1.20. The molecule has 3 aromatic rings. The number of amides is 1. The molecule has 0 aliphatic carbocycles. The summed E-state index contributed by atoms with van der Waals surface area (Å²) in [5, 5.41) is 4.49. The Bertz CT molecular complexity index is 1060. The zero-order valence-corrected chi connectivity index (χ0v) is 16.3. The fourth-order valence-corrected chi connectivity index (χ4v) is 3.87. The van der Waals surface area contributed by atoms with E-state index in [1.807, 2.05) is 35.2 Å². The van der Waals surface area contributed by atoms with Crippen LogP contribution in [0.4, 0.5) is 4.39 Å². The van der Waals surface area contributed by atoms with Gasteiger partial charge < -0.3 is 4.90 Å². The average Bonchev–Trinajstić information content (AvgIpc) is 3.05. The molecule has 0 spiro atoms. The van der Waals surface area contributed by atoms with Crippen LogP contribution in [0, 0.1) is 5.82 Å². The largest absolute Gasteiger partial charge is 0.350 e. The van der Waals surface area contributed by atoms with E-state index in [4.69, 9.17) is 0 Å². The Labute approximate surface area is 168 Å². The van der Waals surface area contributed by atoms with E-state index in [-0.39, 0.29) is 29.8 Å². The maximum absolute atomic E-state index is 13.1. The number of carbonyl (C=O) groups excluding carboxylic acids is 1. The molecule has 0 N–H and O–H groups in total. The van der Waals surface area contributed by atoms with Gasteiger partial charge in [-0.15, -0.1) is 0 Å². The molecule has 6 nitrogen and oxygen atoms in total. The minimum atomic E-state index is -0.312. The number of carbonyl (C=O) groups is 1. The van der Waals surface area contributed by atoms with Gasteiger partial charge in [0.15, 0.2) is 0 Å². The number of nitrogens with zero attached hydrogens (tertiary/aromatic N) is 4. The summed E-state index contributed by atoms with van der Waals surface area (Å²) in [6.07, 6.45) is 1.95. The van der Waals surface area contributed by atoms with Crippen molar-refractivity contribution in [1.82, 2.24) is 19.2 Å². The summed E-state index contributed by atoms with van der Waals surface area (Å²) in [4.78, 5) is 27.3. The number of benzene rings is 2. The molecule has 2 aromatic carbocycles. The van der Waals surface area contributed by atoms with Crippen molar-refractivity contribution < 1.29 is 9.18 Å². The van der Waals surface area contributed by atoms with Crippen LogP contribution in [0.1, 0.15) is 30.1 Å². The highest BCUT2D eigenvalue weighted by molar-refractivity contribution is 5.79. The second kappa shape index (κ2) is 8.03. The predicted molar refractivity (Wildman–Crippen MR) is 107 cm³/mol. The molecular formula is C22H23FN4O2. The first kappa shape index (κ1) is 19.1. The fraction of sp³-hybridized carbons (Fsp3) is 0.318. The van der Waals surface area contributed by atoms with Crippen molar-refractivity contribution in [2.24, 2.45) is 7.05 Å². The van der Waals surface area contributed by atoms with Crippen LogP contribution < -0.4 is 5.69 Å². The zero-order valence-electron chi connectivity index (χ0n) is 16.3. The van der Waals surface area contributed by atoms with Crippen molar-refractivity contribution in [3.63, 3.8) is 0 Å². The number of hydrogen-bond acceptors (Lipinski definition) is 3. The quantitative estimate of drug-likeness (QED) is 0.684. The summed E-state index contributed by atoms with van der Waals surface area (Å²) >= 11 is 0. The highest BCUT2D eigenvalue weighted by Gasteiger charge is 2.29. The molecule has 1 aromatic heterocycles. The summed E-state index contributed by atoms with van der Waals surface area (Å²) in [7, 11) is 1.64. The molecule has 2 heterocycles. The van der Waals surface area contributed by atoms with Crippen LogP contribution in [0.5, 0.6) is 0 Å². The van der Waals surface area contributed by atoms with Gasteiger partial charge in [0.1, 0.15) is 11.6 Å². The van der Waals surface area contributed by atoms with E-state index in [1.165, 1.54) is 16.8 Å². The maximum atomic E-state index is 13.1. The molecule has 7 heteroatoms. The van der Waals surface area contributed by atoms with Gasteiger partial charge in [0.2, 0.25) is 5.91 Å². The third-order valence-corrected chi connectivity index (χ3v) is 5.37. The van der Waals surface area contributed by atoms with Gasteiger partial charge in [0.05, 0.1) is 12.1 Å². The second-order valence-corrected chi connectivity index (χ2v) is 7.42. The number of para-hydroxylation sites is 1. The van der Waals surface area contributed by atoms with Crippen LogP contribution in [-0.4, -0.2) is 38.2 Å². The van der Waals surface area contributed by atoms with Gasteiger partial charge in [-0.25, -0.2) is 18.4 Å². The van der Waals surface area contributed by atoms with Gasteiger partial charge in [-0.1, -0.05) is 30.3 Å². The van der Waals surface area contributed by atoms with Crippen LogP contribution in [0.25, 0.3) is 5.69 Å². The molecule has 4 rings (SSSR count). The average molecular weight is 394 g/mol. The lowest BCUT2D eigenvalue weighted by atomic mass is 9.96. The first-order valence-electron chi connectivity index (χ1n) is 9.76. The third-order valence-electron chi connectivity index (χ3n) is 5.37. The van der Waals surface area contributed by atoms with E-state index in [1.54, 1.807) is 23.7 Å². The monoisotopic (exact) mass is 394 g/mol. The minimum Gasteiger partial charge on any atom is -0.342 e. The van der Waals surface area contributed by atoms with Crippen molar-refractivity contribution in [2.45, 2.75) is 25.2 Å². The van der Waals surface area contributed by atoms with Crippen LogP contribution in [0.3, 0.4) is 0 Å². The third kappa shape index (κ3) is 3.99. The van der Waals surface area contributed by atoms with Gasteiger partial charge >= 0.3 is 5.69 Å². The molecule has 0 radical (unpaired) electrons. The van der Waals surface area contributed by atoms with Gasteiger partial charge in [-0.2, -0.15) is 5.10 Å². The van der Waals surface area contributed by atoms with Gasteiger partial charge in [-0.3, -0.25) is 4.79 Å². The highest BCUT2D eigenvalue weighted by atomic mass is 19.1. The SMILES string of the molecule is Cn1nc(C2CCCN(C(=O)Cc3ccc(F)cc3)C2)n(-c2ccccc2)c1=O. The minimum absolute atomic E-state index is 0.00541.